The molecule has 0 aliphatic heterocycles. The van der Waals surface area contributed by atoms with E-state index < -0.39 is 0 Å². The Hall–Kier alpha value is -0.301. The Kier molecular flexibility index (Phi) is 3.63. The quantitative estimate of drug-likeness (QED) is 0.751. The maximum atomic E-state index is 5.51. The molecule has 1 nitrogen and oxygen atoms in total. The molecule has 14 heavy (non-hydrogen) atoms. The zero-order valence-electron chi connectivity index (χ0n) is 8.48. The normalized spacial score (nSPS) is 26.6. The summed E-state index contributed by atoms with van der Waals surface area (Å²) in [5.74, 6) is 0. The molecule has 1 aliphatic rings. The third-order valence-corrected chi connectivity index (χ3v) is 5.63. The van der Waals surface area contributed by atoms with Crippen molar-refractivity contribution in [2.45, 2.75) is 30.2 Å². The predicted molar refractivity (Wildman–Crippen MR) is 60.2 cm³/mol. The molecule has 0 radical (unpaired) electrons. The zero-order chi connectivity index (χ0) is 9.80. The molecule has 1 saturated carbocycles. The van der Waals surface area contributed by atoms with Crippen LogP contribution >= 0.6 is 0 Å². The van der Waals surface area contributed by atoms with Gasteiger partial charge in [0.25, 0.3) is 0 Å². The monoisotopic (exact) mass is 256 g/mol. The van der Waals surface area contributed by atoms with Crippen LogP contribution in [-0.4, -0.2) is 28.2 Å². The first-order chi connectivity index (χ1) is 6.90. The minimum absolute atomic E-state index is 0.523. The van der Waals surface area contributed by atoms with Crippen LogP contribution in [0.15, 0.2) is 30.3 Å². The van der Waals surface area contributed by atoms with Gasteiger partial charge in [-0.15, -0.1) is 0 Å². The fourth-order valence-corrected chi connectivity index (χ4v) is 4.80. The van der Waals surface area contributed by atoms with Gasteiger partial charge < -0.3 is 0 Å². The van der Waals surface area contributed by atoms with Crippen LogP contribution in [0.4, 0.5) is 0 Å². The maximum absolute atomic E-state index is 5.51. The first kappa shape index (κ1) is 10.2. The van der Waals surface area contributed by atoms with E-state index in [0.717, 1.165) is 4.82 Å². The van der Waals surface area contributed by atoms with Gasteiger partial charge in [-0.3, -0.25) is 0 Å². The summed E-state index contributed by atoms with van der Waals surface area (Å²) in [6.45, 7) is 0. The predicted octanol–water partition coefficient (Wildman–Crippen LogP) is 2.00. The van der Waals surface area contributed by atoms with Crippen molar-refractivity contribution >= 4 is 19.4 Å². The summed E-state index contributed by atoms with van der Waals surface area (Å²) in [5.41, 5.74) is 0. The van der Waals surface area contributed by atoms with E-state index in [0.29, 0.717) is 21.1 Å². The fourth-order valence-electron chi connectivity index (χ4n) is 1.97. The molecule has 2 heteroatoms. The van der Waals surface area contributed by atoms with E-state index in [1.165, 1.54) is 23.7 Å². The number of rotatable bonds is 3. The number of benzene rings is 1. The van der Waals surface area contributed by atoms with E-state index in [9.17, 15) is 0 Å². The van der Waals surface area contributed by atoms with Crippen molar-refractivity contribution in [3.05, 3.63) is 30.3 Å². The summed E-state index contributed by atoms with van der Waals surface area (Å²) in [6, 6.07) is 10.8. The third kappa shape index (κ3) is 2.38. The molecule has 0 unspecified atom stereocenters. The molecule has 0 N–H and O–H groups in total. The van der Waals surface area contributed by atoms with Crippen molar-refractivity contribution in [1.82, 2.24) is 0 Å². The number of hydrogen-bond donors (Lipinski definition) is 0. The molecule has 1 aliphatic carbocycles. The van der Waals surface area contributed by atoms with Gasteiger partial charge >= 0.3 is 91.8 Å². The number of hydrogen-bond acceptors (Lipinski definition) is 1. The molecular weight excluding hydrogens is 239 g/mol. The molecule has 1 aromatic carbocycles. The van der Waals surface area contributed by atoms with E-state index in [1.54, 1.807) is 0 Å². The van der Waals surface area contributed by atoms with Crippen molar-refractivity contribution in [2.24, 2.45) is 0 Å². The van der Waals surface area contributed by atoms with Crippen molar-refractivity contribution in [1.29, 1.82) is 0 Å². The van der Waals surface area contributed by atoms with Gasteiger partial charge in [0.2, 0.25) is 0 Å². The second kappa shape index (κ2) is 4.97. The van der Waals surface area contributed by atoms with Crippen molar-refractivity contribution < 1.29 is 4.74 Å². The molecule has 0 heterocycles. The average molecular weight is 255 g/mol. The Labute approximate surface area is 92.0 Å². The summed E-state index contributed by atoms with van der Waals surface area (Å²) in [4.78, 5) is 0.801. The summed E-state index contributed by atoms with van der Waals surface area (Å²) < 4.78 is 7.02. The van der Waals surface area contributed by atoms with Gasteiger partial charge in [-0.2, -0.15) is 0 Å². The number of methoxy groups -OCH3 is 1. The van der Waals surface area contributed by atoms with Crippen LogP contribution in [0.1, 0.15) is 19.3 Å². The molecule has 1 aromatic rings. The molecule has 76 valence electrons. The van der Waals surface area contributed by atoms with E-state index in [-0.39, 0.29) is 0 Å². The summed E-state index contributed by atoms with van der Waals surface area (Å²) >= 11 is 0.596. The molecule has 0 amide bonds. The van der Waals surface area contributed by atoms with Gasteiger partial charge in [0.15, 0.2) is 0 Å². The Morgan fingerprint density at radius 3 is 2.71 bits per heavy atom. The summed E-state index contributed by atoms with van der Waals surface area (Å²) in [7, 11) is 1.85. The molecular formula is C12H16OSe. The second-order valence-electron chi connectivity index (χ2n) is 3.67. The van der Waals surface area contributed by atoms with Crippen LogP contribution in [-0.2, 0) is 4.74 Å². The molecule has 2 atom stereocenters. The Balaban J connectivity index is 1.97. The molecule has 0 bridgehead atoms. The Morgan fingerprint density at radius 1 is 1.21 bits per heavy atom. The summed E-state index contributed by atoms with van der Waals surface area (Å²) in [6.07, 6.45) is 4.48. The zero-order valence-corrected chi connectivity index (χ0v) is 10.2. The van der Waals surface area contributed by atoms with Gasteiger partial charge in [0.05, 0.1) is 0 Å². The van der Waals surface area contributed by atoms with Crippen LogP contribution in [0.25, 0.3) is 0 Å². The van der Waals surface area contributed by atoms with E-state index in [4.69, 9.17) is 4.74 Å². The van der Waals surface area contributed by atoms with Crippen molar-refractivity contribution in [2.75, 3.05) is 7.11 Å². The van der Waals surface area contributed by atoms with Gasteiger partial charge in [0, 0.05) is 0 Å². The van der Waals surface area contributed by atoms with Gasteiger partial charge in [0.1, 0.15) is 0 Å². The van der Waals surface area contributed by atoms with Crippen LogP contribution in [0.2, 0.25) is 4.82 Å². The van der Waals surface area contributed by atoms with E-state index in [1.807, 2.05) is 7.11 Å². The number of ether oxygens (including phenoxy) is 1. The Morgan fingerprint density at radius 2 is 2.00 bits per heavy atom. The fraction of sp³-hybridized carbons (Fsp3) is 0.500. The van der Waals surface area contributed by atoms with Gasteiger partial charge in [-0.25, -0.2) is 0 Å². The minimum atomic E-state index is 0.523. The van der Waals surface area contributed by atoms with Crippen LogP contribution < -0.4 is 4.46 Å². The van der Waals surface area contributed by atoms with Gasteiger partial charge in [-0.1, -0.05) is 0 Å². The summed E-state index contributed by atoms with van der Waals surface area (Å²) in [5, 5.41) is 0. The van der Waals surface area contributed by atoms with E-state index >= 15 is 0 Å². The van der Waals surface area contributed by atoms with Gasteiger partial charge in [-0.05, 0) is 0 Å². The van der Waals surface area contributed by atoms with Crippen LogP contribution in [0, 0.1) is 0 Å². The van der Waals surface area contributed by atoms with Crippen molar-refractivity contribution in [3.8, 4) is 0 Å². The molecule has 1 fully saturated rings. The molecule has 0 aromatic heterocycles. The first-order valence-electron chi connectivity index (χ1n) is 5.14. The SMILES string of the molecule is CO[C@@H]1CCC[C@H]1[Se]c1ccccc1. The molecule has 0 saturated heterocycles. The topological polar surface area (TPSA) is 9.23 Å². The first-order valence-corrected chi connectivity index (χ1v) is 6.99. The Bertz CT molecular complexity index is 273. The second-order valence-corrected chi connectivity index (χ2v) is 6.43. The third-order valence-electron chi connectivity index (χ3n) is 2.73. The van der Waals surface area contributed by atoms with Crippen LogP contribution in [0.3, 0.4) is 0 Å². The van der Waals surface area contributed by atoms with Crippen LogP contribution in [0.5, 0.6) is 0 Å². The molecule has 2 rings (SSSR count). The van der Waals surface area contributed by atoms with Crippen molar-refractivity contribution in [3.63, 3.8) is 0 Å². The standard InChI is InChI=1S/C12H16OSe/c1-13-11-8-5-9-12(11)14-10-6-3-2-4-7-10/h2-4,6-7,11-12H,5,8-9H2,1H3/t11-,12-/m1/s1. The average Bonchev–Trinajstić information content (AvgIpc) is 2.67. The molecule has 0 spiro atoms. The van der Waals surface area contributed by atoms with E-state index in [2.05, 4.69) is 30.3 Å².